The van der Waals surface area contributed by atoms with Gasteiger partial charge >= 0.3 is 17.1 Å². The van der Waals surface area contributed by atoms with E-state index in [1.54, 1.807) is 0 Å². The van der Waals surface area contributed by atoms with Gasteiger partial charge in [-0.2, -0.15) is 6.54 Å². The van der Waals surface area contributed by atoms with Crippen molar-refractivity contribution in [2.24, 2.45) is 0 Å². The Hall–Kier alpha value is 0.708. The van der Waals surface area contributed by atoms with Crippen LogP contribution < -0.4 is 0 Å². The first kappa shape index (κ1) is 20.7. The molecule has 0 radical (unpaired) electrons. The zero-order valence-corrected chi connectivity index (χ0v) is 18.8. The van der Waals surface area contributed by atoms with Crippen molar-refractivity contribution in [3.63, 3.8) is 0 Å². The second kappa shape index (κ2) is 7.31. The third-order valence-electron chi connectivity index (χ3n) is 2.34. The van der Waals surface area contributed by atoms with Crippen molar-refractivity contribution in [3.05, 3.63) is 5.73 Å². The molecule has 1 unspecified atom stereocenters. The SMILES string of the molecule is C[Si](C)(C)O[Si](C)(C)O[Si](C)(CCC[NH-])O[Si](C)(C)C. The minimum absolute atomic E-state index is 0.442. The van der Waals surface area contributed by atoms with Gasteiger partial charge in [0, 0.05) is 0 Å². The summed E-state index contributed by atoms with van der Waals surface area (Å²) in [7, 11) is -7.66. The Morgan fingerprint density at radius 1 is 0.700 bits per heavy atom. The lowest BCUT2D eigenvalue weighted by Gasteiger charge is -2.41. The van der Waals surface area contributed by atoms with E-state index in [9.17, 15) is 0 Å². The van der Waals surface area contributed by atoms with Gasteiger partial charge in [0.2, 0.25) is 0 Å². The van der Waals surface area contributed by atoms with Crippen molar-refractivity contribution >= 4 is 33.8 Å². The predicted molar refractivity (Wildman–Crippen MR) is 97.7 cm³/mol. The molecule has 0 saturated heterocycles. The molecule has 0 spiro atoms. The largest absolute Gasteiger partial charge is 0.677 e. The molecule has 0 aromatic rings. The summed E-state index contributed by atoms with van der Waals surface area (Å²) in [5, 5.41) is 0. The van der Waals surface area contributed by atoms with Gasteiger partial charge in [-0.3, -0.25) is 0 Å². The summed E-state index contributed by atoms with van der Waals surface area (Å²) >= 11 is 0. The topological polar surface area (TPSA) is 51.5 Å². The van der Waals surface area contributed by atoms with Crippen molar-refractivity contribution in [3.8, 4) is 0 Å². The van der Waals surface area contributed by atoms with E-state index < -0.39 is 33.8 Å². The summed E-state index contributed by atoms with van der Waals surface area (Å²) in [5.74, 6) is 0. The van der Waals surface area contributed by atoms with Crippen molar-refractivity contribution in [2.45, 2.75) is 71.4 Å². The van der Waals surface area contributed by atoms with Crippen LogP contribution in [0.4, 0.5) is 0 Å². The van der Waals surface area contributed by atoms with Crippen LogP contribution in [0.25, 0.3) is 5.73 Å². The van der Waals surface area contributed by atoms with Crippen molar-refractivity contribution in [1.82, 2.24) is 0 Å². The Labute approximate surface area is 130 Å². The monoisotopic (exact) mass is 352 g/mol. The van der Waals surface area contributed by atoms with Gasteiger partial charge in [-0.05, 0) is 65.0 Å². The van der Waals surface area contributed by atoms with Crippen molar-refractivity contribution < 1.29 is 12.3 Å². The highest BCUT2D eigenvalue weighted by atomic mass is 28.5. The minimum Gasteiger partial charge on any atom is -0.677 e. The minimum atomic E-state index is -2.24. The van der Waals surface area contributed by atoms with Gasteiger partial charge < -0.3 is 18.1 Å². The van der Waals surface area contributed by atoms with Gasteiger partial charge in [-0.15, -0.1) is 0 Å². The van der Waals surface area contributed by atoms with Gasteiger partial charge in [-0.1, -0.05) is 6.42 Å². The first-order valence-corrected chi connectivity index (χ1v) is 19.6. The third-order valence-corrected chi connectivity index (χ3v) is 15.9. The average molecular weight is 353 g/mol. The molecule has 0 saturated carbocycles. The van der Waals surface area contributed by atoms with Gasteiger partial charge in [0.05, 0.1) is 0 Å². The molecule has 0 bridgehead atoms. The van der Waals surface area contributed by atoms with Crippen LogP contribution in [0, 0.1) is 0 Å². The first-order valence-electron chi connectivity index (χ1n) is 7.43. The van der Waals surface area contributed by atoms with Crippen LogP contribution in [0.15, 0.2) is 0 Å². The predicted octanol–water partition coefficient (Wildman–Crippen LogP) is 4.92. The summed E-state index contributed by atoms with van der Waals surface area (Å²) in [4.78, 5) is 0. The highest BCUT2D eigenvalue weighted by molar-refractivity contribution is 6.89. The molecule has 122 valence electrons. The van der Waals surface area contributed by atoms with Crippen LogP contribution in [0.5, 0.6) is 0 Å². The van der Waals surface area contributed by atoms with Gasteiger partial charge in [0.25, 0.3) is 0 Å². The summed E-state index contributed by atoms with van der Waals surface area (Å²) in [6.45, 7) is 20.1. The molecule has 1 atom stereocenters. The van der Waals surface area contributed by atoms with E-state index in [2.05, 4.69) is 58.9 Å². The maximum atomic E-state index is 7.40. The molecule has 20 heavy (non-hydrogen) atoms. The Bertz CT molecular complexity index is 302. The summed E-state index contributed by atoms with van der Waals surface area (Å²) in [6.07, 6.45) is 0.852. The van der Waals surface area contributed by atoms with Crippen LogP contribution in [0.2, 0.25) is 65.0 Å². The normalized spacial score (nSPS) is 17.1. The average Bonchev–Trinajstić information content (AvgIpc) is 2.05. The zero-order valence-electron chi connectivity index (χ0n) is 14.8. The highest BCUT2D eigenvalue weighted by Gasteiger charge is 2.43. The zero-order chi connectivity index (χ0) is 16.2. The van der Waals surface area contributed by atoms with Crippen LogP contribution in [-0.4, -0.2) is 40.3 Å². The molecule has 0 aliphatic carbocycles. The molecule has 0 rings (SSSR count). The molecular formula is C12H34NO3Si4-. The molecule has 0 amide bonds. The molecule has 8 heteroatoms. The fourth-order valence-corrected chi connectivity index (χ4v) is 20.4. The molecule has 0 aromatic heterocycles. The quantitative estimate of drug-likeness (QED) is 0.553. The standard InChI is InChI=1S/C12H34NO3Si4/c1-17(2,3)14-19(7,8)16-20(9,12-10-11-13)15-18(4,5)6/h13H,10-12H2,1-9H3/q-1. The van der Waals surface area contributed by atoms with Gasteiger partial charge in [-0.25, -0.2) is 0 Å². The van der Waals surface area contributed by atoms with E-state index in [0.717, 1.165) is 12.5 Å². The number of rotatable bonds is 9. The van der Waals surface area contributed by atoms with E-state index in [1.807, 2.05) is 0 Å². The molecule has 0 aliphatic rings. The summed E-state index contributed by atoms with van der Waals surface area (Å²) < 4.78 is 19.2. The number of hydrogen-bond acceptors (Lipinski definition) is 3. The Kier molecular flexibility index (Phi) is 7.57. The second-order valence-corrected chi connectivity index (χ2v) is 24.4. The smallest absolute Gasteiger partial charge is 0.315 e. The number of nitrogens with one attached hydrogen (secondary N) is 1. The van der Waals surface area contributed by atoms with E-state index in [1.165, 1.54) is 0 Å². The van der Waals surface area contributed by atoms with Crippen LogP contribution in [0.1, 0.15) is 6.42 Å². The van der Waals surface area contributed by atoms with E-state index >= 15 is 0 Å². The lowest BCUT2D eigenvalue weighted by molar-refractivity contribution is 0.323. The molecular weight excluding hydrogens is 318 g/mol. The molecule has 0 fully saturated rings. The summed E-state index contributed by atoms with van der Waals surface area (Å²) in [5.41, 5.74) is 7.40. The Morgan fingerprint density at radius 3 is 1.50 bits per heavy atom. The van der Waals surface area contributed by atoms with Gasteiger partial charge in [0.15, 0.2) is 16.6 Å². The lowest BCUT2D eigenvalue weighted by Crippen LogP contribution is -2.56. The highest BCUT2D eigenvalue weighted by Crippen LogP contribution is 2.27. The van der Waals surface area contributed by atoms with Crippen LogP contribution >= 0.6 is 0 Å². The van der Waals surface area contributed by atoms with E-state index in [4.69, 9.17) is 18.1 Å². The van der Waals surface area contributed by atoms with Crippen LogP contribution in [-0.2, 0) is 12.3 Å². The fourth-order valence-electron chi connectivity index (χ4n) is 2.46. The third kappa shape index (κ3) is 10.4. The van der Waals surface area contributed by atoms with E-state index in [-0.39, 0.29) is 0 Å². The molecule has 0 aliphatic heterocycles. The van der Waals surface area contributed by atoms with Gasteiger partial charge in [0.1, 0.15) is 0 Å². The lowest BCUT2D eigenvalue weighted by atomic mass is 10.5. The van der Waals surface area contributed by atoms with E-state index in [0.29, 0.717) is 6.54 Å². The molecule has 4 nitrogen and oxygen atoms in total. The molecule has 0 aromatic carbocycles. The Balaban J connectivity index is 4.96. The number of hydrogen-bond donors (Lipinski definition) is 0. The Morgan fingerprint density at radius 2 is 1.15 bits per heavy atom. The summed E-state index contributed by atoms with van der Waals surface area (Å²) in [6, 6.07) is 0.895. The van der Waals surface area contributed by atoms with Crippen molar-refractivity contribution in [1.29, 1.82) is 0 Å². The maximum absolute atomic E-state index is 7.40. The molecule has 0 heterocycles. The molecule has 1 N–H and O–H groups in total. The maximum Gasteiger partial charge on any atom is 0.315 e. The second-order valence-electron chi connectivity index (χ2n) is 7.92. The van der Waals surface area contributed by atoms with Crippen molar-refractivity contribution in [2.75, 3.05) is 6.54 Å². The fraction of sp³-hybridized carbons (Fsp3) is 1.00. The van der Waals surface area contributed by atoms with Crippen LogP contribution in [0.3, 0.4) is 0 Å². The first-order chi connectivity index (χ1) is 8.68.